The number of carbonyl (C=O) groups is 1. The highest BCUT2D eigenvalue weighted by molar-refractivity contribution is 7.90. The van der Waals surface area contributed by atoms with Crippen molar-refractivity contribution in [3.63, 3.8) is 0 Å². The monoisotopic (exact) mass is 421 g/mol. The van der Waals surface area contributed by atoms with E-state index < -0.39 is 9.84 Å². The van der Waals surface area contributed by atoms with Gasteiger partial charge in [0.2, 0.25) is 5.91 Å². The number of nitrogens with zero attached hydrogens (tertiary/aromatic N) is 2. The normalized spacial score (nSPS) is 18.8. The third-order valence-corrected chi connectivity index (χ3v) is 7.28. The van der Waals surface area contributed by atoms with Crippen LogP contribution in [0.2, 0.25) is 5.02 Å². The number of aromatic nitrogens is 2. The van der Waals surface area contributed by atoms with Gasteiger partial charge in [0.1, 0.15) is 5.82 Å². The minimum Gasteiger partial charge on any atom is -0.310 e. The molecule has 0 unspecified atom stereocenters. The molecular weight excluding hydrogens is 398 g/mol. The molecule has 1 aromatic carbocycles. The Bertz CT molecular complexity index is 994. The van der Waals surface area contributed by atoms with Crippen LogP contribution in [-0.4, -0.2) is 24.1 Å². The Morgan fingerprint density at radius 2 is 2.00 bits per heavy atom. The van der Waals surface area contributed by atoms with Gasteiger partial charge in [-0.1, -0.05) is 49.8 Å². The predicted octanol–water partition coefficient (Wildman–Crippen LogP) is 4.25. The summed E-state index contributed by atoms with van der Waals surface area (Å²) >= 11 is 6.10. The molecule has 6 nitrogen and oxygen atoms in total. The summed E-state index contributed by atoms with van der Waals surface area (Å²) < 4.78 is 25.7. The second-order valence-electron chi connectivity index (χ2n) is 7.79. The highest BCUT2D eigenvalue weighted by atomic mass is 35.5. The van der Waals surface area contributed by atoms with Crippen molar-refractivity contribution >= 4 is 33.2 Å². The lowest BCUT2D eigenvalue weighted by Crippen LogP contribution is -2.18. The number of hydrogen-bond donors (Lipinski definition) is 1. The van der Waals surface area contributed by atoms with Crippen molar-refractivity contribution in [2.24, 2.45) is 5.92 Å². The smallest absolute Gasteiger partial charge is 0.225 e. The van der Waals surface area contributed by atoms with E-state index in [-0.39, 0.29) is 17.4 Å². The molecule has 0 atom stereocenters. The summed E-state index contributed by atoms with van der Waals surface area (Å²) in [5.41, 5.74) is 1.79. The first-order chi connectivity index (χ1) is 13.4. The Kier molecular flexibility index (Phi) is 5.47. The lowest BCUT2D eigenvalue weighted by molar-refractivity contribution is -0.116. The summed E-state index contributed by atoms with van der Waals surface area (Å²) in [6.07, 6.45) is 7.49. The molecule has 1 aliphatic carbocycles. The first kappa shape index (κ1) is 19.5. The minimum atomic E-state index is -3.21. The van der Waals surface area contributed by atoms with Gasteiger partial charge in [-0.05, 0) is 30.5 Å². The molecule has 1 N–H and O–H groups in total. The number of rotatable bonds is 5. The number of fused-ring (bicyclic) bond motifs is 1. The molecule has 0 bridgehead atoms. The van der Waals surface area contributed by atoms with Gasteiger partial charge in [-0.3, -0.25) is 4.79 Å². The molecule has 0 saturated heterocycles. The Labute approximate surface area is 170 Å². The van der Waals surface area contributed by atoms with E-state index in [2.05, 4.69) is 10.4 Å². The van der Waals surface area contributed by atoms with Crippen molar-refractivity contribution in [1.29, 1.82) is 0 Å². The van der Waals surface area contributed by atoms with E-state index >= 15 is 0 Å². The van der Waals surface area contributed by atoms with E-state index in [1.165, 1.54) is 32.1 Å². The molecule has 1 fully saturated rings. The number of sulfone groups is 1. The van der Waals surface area contributed by atoms with Crippen LogP contribution in [0.1, 0.15) is 56.2 Å². The molecule has 1 saturated carbocycles. The fraction of sp³-hybridized carbons (Fsp3) is 0.500. The number of nitrogens with one attached hydrogen (secondary N) is 1. The molecule has 0 radical (unpaired) electrons. The van der Waals surface area contributed by atoms with Crippen LogP contribution in [0.3, 0.4) is 0 Å². The summed E-state index contributed by atoms with van der Waals surface area (Å²) in [6, 6.07) is 7.14. The van der Waals surface area contributed by atoms with E-state index in [1.54, 1.807) is 22.9 Å². The summed E-state index contributed by atoms with van der Waals surface area (Å²) in [7, 11) is -3.21. The van der Waals surface area contributed by atoms with Crippen LogP contribution in [0, 0.1) is 5.92 Å². The third-order valence-electron chi connectivity index (χ3n) is 5.60. The topological polar surface area (TPSA) is 81.1 Å². The average molecular weight is 422 g/mol. The lowest BCUT2D eigenvalue weighted by Gasteiger charge is -2.21. The van der Waals surface area contributed by atoms with E-state index in [1.807, 2.05) is 6.07 Å². The van der Waals surface area contributed by atoms with Gasteiger partial charge in [-0.25, -0.2) is 13.1 Å². The Balaban J connectivity index is 1.57. The Morgan fingerprint density at radius 3 is 2.75 bits per heavy atom. The second-order valence-corrected chi connectivity index (χ2v) is 10.3. The van der Waals surface area contributed by atoms with Crippen molar-refractivity contribution in [3.05, 3.63) is 40.5 Å². The van der Waals surface area contributed by atoms with Crippen LogP contribution < -0.4 is 5.32 Å². The van der Waals surface area contributed by atoms with Crippen LogP contribution in [-0.2, 0) is 26.1 Å². The predicted molar refractivity (Wildman–Crippen MR) is 109 cm³/mol. The molecule has 1 amide bonds. The van der Waals surface area contributed by atoms with Gasteiger partial charge in [-0.15, -0.1) is 0 Å². The second kappa shape index (κ2) is 7.87. The molecule has 0 spiro atoms. The first-order valence-electron chi connectivity index (χ1n) is 9.78. The maximum absolute atomic E-state index is 12.6. The molecule has 150 valence electrons. The number of carbonyl (C=O) groups excluding carboxylic acids is 1. The van der Waals surface area contributed by atoms with Crippen molar-refractivity contribution in [1.82, 2.24) is 9.78 Å². The zero-order chi connectivity index (χ0) is 19.7. The molecule has 28 heavy (non-hydrogen) atoms. The van der Waals surface area contributed by atoms with Crippen molar-refractivity contribution in [2.45, 2.75) is 56.5 Å². The van der Waals surface area contributed by atoms with Crippen molar-refractivity contribution < 1.29 is 13.2 Å². The molecule has 2 aliphatic rings. The fourth-order valence-corrected chi connectivity index (χ4v) is 5.85. The minimum absolute atomic E-state index is 0.0961. The lowest BCUT2D eigenvalue weighted by atomic mass is 9.86. The summed E-state index contributed by atoms with van der Waals surface area (Å²) in [4.78, 5) is 12.6. The molecule has 4 rings (SSSR count). The summed E-state index contributed by atoms with van der Waals surface area (Å²) in [6.45, 7) is 0. The highest BCUT2D eigenvalue weighted by Gasteiger charge is 2.33. The van der Waals surface area contributed by atoms with E-state index in [4.69, 9.17) is 11.6 Å². The standard InChI is InChI=1S/C20H24ClN3O3S/c21-15-7-4-8-16(11-15)24-20(17-12-28(26,27)13-18(17)23-24)22-19(25)10-9-14-5-2-1-3-6-14/h4,7-8,11,14H,1-3,5-6,9-10,12-13H2,(H,22,25). The average Bonchev–Trinajstić information content (AvgIpc) is 3.13. The third kappa shape index (κ3) is 4.25. The van der Waals surface area contributed by atoms with Crippen molar-refractivity contribution in [2.75, 3.05) is 5.32 Å². The van der Waals surface area contributed by atoms with E-state index in [0.717, 1.165) is 6.42 Å². The number of halogens is 1. The van der Waals surface area contributed by atoms with Crippen molar-refractivity contribution in [3.8, 4) is 5.69 Å². The maximum atomic E-state index is 12.6. The molecule has 2 heterocycles. The molecule has 1 aromatic heterocycles. The molecule has 2 aromatic rings. The maximum Gasteiger partial charge on any atom is 0.225 e. The Hall–Kier alpha value is -1.86. The van der Waals surface area contributed by atoms with Crippen LogP contribution >= 0.6 is 11.6 Å². The number of anilines is 1. The largest absolute Gasteiger partial charge is 0.310 e. The first-order valence-corrected chi connectivity index (χ1v) is 12.0. The zero-order valence-electron chi connectivity index (χ0n) is 15.7. The quantitative estimate of drug-likeness (QED) is 0.782. The number of hydrogen-bond acceptors (Lipinski definition) is 4. The van der Waals surface area contributed by atoms with Crippen LogP contribution in [0.15, 0.2) is 24.3 Å². The van der Waals surface area contributed by atoms with Gasteiger partial charge in [0.15, 0.2) is 9.84 Å². The van der Waals surface area contributed by atoms with Gasteiger partial charge in [-0.2, -0.15) is 5.10 Å². The zero-order valence-corrected chi connectivity index (χ0v) is 17.2. The van der Waals surface area contributed by atoms with E-state index in [0.29, 0.717) is 40.1 Å². The number of benzene rings is 1. The summed E-state index contributed by atoms with van der Waals surface area (Å²) in [5, 5.41) is 7.96. The van der Waals surface area contributed by atoms with E-state index in [9.17, 15) is 13.2 Å². The van der Waals surface area contributed by atoms with Gasteiger partial charge < -0.3 is 5.32 Å². The van der Waals surface area contributed by atoms with Crippen LogP contribution in [0.4, 0.5) is 5.82 Å². The van der Waals surface area contributed by atoms with Gasteiger partial charge in [0.25, 0.3) is 0 Å². The fourth-order valence-electron chi connectivity index (χ4n) is 4.17. The molecular formula is C20H24ClN3O3S. The van der Waals surface area contributed by atoms with Crippen LogP contribution in [0.25, 0.3) is 5.69 Å². The van der Waals surface area contributed by atoms with Gasteiger partial charge >= 0.3 is 0 Å². The van der Waals surface area contributed by atoms with Crippen LogP contribution in [0.5, 0.6) is 0 Å². The molecule has 1 aliphatic heterocycles. The van der Waals surface area contributed by atoms with Gasteiger partial charge in [0, 0.05) is 17.0 Å². The SMILES string of the molecule is O=C(CCC1CCCCC1)Nc1c2c(nn1-c1cccc(Cl)c1)CS(=O)(=O)C2. The Morgan fingerprint density at radius 1 is 1.21 bits per heavy atom. The van der Waals surface area contributed by atoms with Gasteiger partial charge in [0.05, 0.1) is 22.9 Å². The highest BCUT2D eigenvalue weighted by Crippen LogP contribution is 2.34. The summed E-state index contributed by atoms with van der Waals surface area (Å²) in [5.74, 6) is 0.776. The number of amides is 1. The molecule has 8 heteroatoms.